The molecule has 2 aromatic rings. The van der Waals surface area contributed by atoms with Gasteiger partial charge in [-0.15, -0.1) is 0 Å². The maximum atomic E-state index is 14.3. The number of alkyl halides is 3. The summed E-state index contributed by atoms with van der Waals surface area (Å²) in [4.78, 5) is 22.0. The Kier molecular flexibility index (Phi) is 7.64. The molecule has 2 N–H and O–H groups in total. The van der Waals surface area contributed by atoms with Crippen LogP contribution in [0.25, 0.3) is 0 Å². The lowest BCUT2D eigenvalue weighted by molar-refractivity contribution is -0.138. The highest BCUT2D eigenvalue weighted by atomic mass is 19.4. The molecule has 1 aliphatic heterocycles. The Labute approximate surface area is 195 Å². The van der Waals surface area contributed by atoms with Crippen molar-refractivity contribution in [1.82, 2.24) is 14.9 Å². The van der Waals surface area contributed by atoms with Gasteiger partial charge in [0.05, 0.1) is 24.4 Å². The zero-order valence-electron chi connectivity index (χ0n) is 19.6. The summed E-state index contributed by atoms with van der Waals surface area (Å²) in [6.45, 7) is 8.02. The molecule has 7 nitrogen and oxygen atoms in total. The number of nitrogens with one attached hydrogen (secondary N) is 2. The van der Waals surface area contributed by atoms with Crippen LogP contribution in [0.5, 0.6) is 0 Å². The van der Waals surface area contributed by atoms with E-state index in [-0.39, 0.29) is 23.0 Å². The Morgan fingerprint density at radius 1 is 1.26 bits per heavy atom. The molecule has 11 heteroatoms. The molecule has 1 aromatic carbocycles. The second-order valence-electron chi connectivity index (χ2n) is 9.14. The van der Waals surface area contributed by atoms with Gasteiger partial charge in [0.2, 0.25) is 5.95 Å². The lowest BCUT2D eigenvalue weighted by Crippen LogP contribution is -2.45. The molecule has 0 amide bonds. The Morgan fingerprint density at radius 3 is 2.65 bits per heavy atom. The van der Waals surface area contributed by atoms with Crippen molar-refractivity contribution in [3.05, 3.63) is 41.3 Å². The number of likely N-dealkylation sites (tertiary alicyclic amines) is 1. The van der Waals surface area contributed by atoms with Gasteiger partial charge in [0, 0.05) is 23.8 Å². The molecular formula is C23H29F4N5O2. The molecular weight excluding hydrogens is 454 g/mol. The Hall–Kier alpha value is -2.95. The number of hydrogen-bond donors (Lipinski definition) is 2. The van der Waals surface area contributed by atoms with Crippen molar-refractivity contribution in [3.8, 4) is 0 Å². The molecule has 1 atom stereocenters. The fraction of sp³-hybridized carbons (Fsp3) is 0.522. The molecule has 3 rings (SSSR count). The van der Waals surface area contributed by atoms with Crippen LogP contribution in [0.2, 0.25) is 0 Å². The predicted octanol–water partition coefficient (Wildman–Crippen LogP) is 5.23. The van der Waals surface area contributed by atoms with Gasteiger partial charge in [-0.3, -0.25) is 4.90 Å². The van der Waals surface area contributed by atoms with Crippen LogP contribution in [0.3, 0.4) is 0 Å². The van der Waals surface area contributed by atoms with E-state index in [1.807, 2.05) is 0 Å². The molecule has 34 heavy (non-hydrogen) atoms. The molecule has 0 radical (unpaired) electrons. The molecule has 2 heterocycles. The fourth-order valence-corrected chi connectivity index (χ4v) is 4.20. The van der Waals surface area contributed by atoms with E-state index in [0.29, 0.717) is 12.6 Å². The fourth-order valence-electron chi connectivity index (χ4n) is 4.20. The predicted molar refractivity (Wildman–Crippen MR) is 121 cm³/mol. The number of aromatic nitrogens is 2. The summed E-state index contributed by atoms with van der Waals surface area (Å²) in [6, 6.07) is 3.40. The van der Waals surface area contributed by atoms with Crippen LogP contribution in [-0.2, 0) is 10.9 Å². The monoisotopic (exact) mass is 483 g/mol. The molecule has 0 saturated carbocycles. The minimum atomic E-state index is -4.78. The molecule has 1 saturated heterocycles. The van der Waals surface area contributed by atoms with E-state index < -0.39 is 29.1 Å². The van der Waals surface area contributed by atoms with Crippen molar-refractivity contribution in [2.75, 3.05) is 30.8 Å². The van der Waals surface area contributed by atoms with Crippen LogP contribution in [0.1, 0.15) is 56.0 Å². The van der Waals surface area contributed by atoms with Crippen LogP contribution < -0.4 is 10.6 Å². The molecule has 0 unspecified atom stereocenters. The maximum absolute atomic E-state index is 14.3. The molecule has 1 aliphatic rings. The first-order valence-electron chi connectivity index (χ1n) is 11.0. The van der Waals surface area contributed by atoms with Gasteiger partial charge in [0.25, 0.3) is 0 Å². The number of rotatable bonds is 7. The summed E-state index contributed by atoms with van der Waals surface area (Å²) < 4.78 is 58.9. The number of carbonyl (C=O) groups excluding carboxylic acids is 1. The van der Waals surface area contributed by atoms with Crippen LogP contribution in [-0.4, -0.2) is 52.6 Å². The van der Waals surface area contributed by atoms with E-state index in [2.05, 4.69) is 51.0 Å². The van der Waals surface area contributed by atoms with E-state index in [0.717, 1.165) is 51.2 Å². The summed E-state index contributed by atoms with van der Waals surface area (Å²) in [5.74, 6) is -1.89. The molecule has 0 aliphatic carbocycles. The van der Waals surface area contributed by atoms with Crippen molar-refractivity contribution >= 4 is 23.4 Å². The standard InChI is InChI=1S/C23H29F4N5O2/c1-22(2,3)32-11-5-6-15(32)9-10-28-19-18(24)13-29-21(31-19)30-14-7-8-16(20(33)34-4)17(12-14)23(25,26)27/h7-8,12-13,15H,5-6,9-11H2,1-4H3,(H2,28,29,30,31)/t15-/m0/s1. The Balaban J connectivity index is 1.71. The highest BCUT2D eigenvalue weighted by molar-refractivity contribution is 5.92. The third-order valence-electron chi connectivity index (χ3n) is 5.74. The minimum Gasteiger partial charge on any atom is -0.465 e. The van der Waals surface area contributed by atoms with Gasteiger partial charge in [-0.25, -0.2) is 14.2 Å². The van der Waals surface area contributed by atoms with Gasteiger partial charge >= 0.3 is 12.1 Å². The van der Waals surface area contributed by atoms with E-state index in [1.165, 1.54) is 6.07 Å². The number of halogens is 4. The first-order chi connectivity index (χ1) is 15.9. The average Bonchev–Trinajstić information content (AvgIpc) is 3.24. The molecule has 0 spiro atoms. The van der Waals surface area contributed by atoms with Crippen molar-refractivity contribution in [3.63, 3.8) is 0 Å². The smallest absolute Gasteiger partial charge is 0.417 e. The second-order valence-corrected chi connectivity index (χ2v) is 9.14. The number of hydrogen-bond acceptors (Lipinski definition) is 7. The van der Waals surface area contributed by atoms with Gasteiger partial charge in [0.1, 0.15) is 0 Å². The minimum absolute atomic E-state index is 0.00990. The summed E-state index contributed by atoms with van der Waals surface area (Å²) >= 11 is 0. The van der Waals surface area contributed by atoms with E-state index in [1.54, 1.807) is 0 Å². The van der Waals surface area contributed by atoms with Gasteiger partial charge < -0.3 is 15.4 Å². The molecule has 186 valence electrons. The summed E-state index contributed by atoms with van der Waals surface area (Å²) in [6.07, 6.45) is -0.845. The summed E-state index contributed by atoms with van der Waals surface area (Å²) in [7, 11) is 1.00. The van der Waals surface area contributed by atoms with Crippen LogP contribution in [0.4, 0.5) is 35.0 Å². The number of carbonyl (C=O) groups is 1. The third-order valence-corrected chi connectivity index (χ3v) is 5.74. The highest BCUT2D eigenvalue weighted by Crippen LogP contribution is 2.35. The quantitative estimate of drug-likeness (QED) is 0.412. The van der Waals surface area contributed by atoms with Crippen LogP contribution >= 0.6 is 0 Å². The zero-order valence-corrected chi connectivity index (χ0v) is 19.6. The number of nitrogens with zero attached hydrogens (tertiary/aromatic N) is 3. The van der Waals surface area contributed by atoms with Gasteiger partial charge in [0.15, 0.2) is 11.6 Å². The van der Waals surface area contributed by atoms with Crippen molar-refractivity contribution in [1.29, 1.82) is 0 Å². The van der Waals surface area contributed by atoms with E-state index in [9.17, 15) is 22.4 Å². The zero-order chi connectivity index (χ0) is 25.1. The largest absolute Gasteiger partial charge is 0.465 e. The van der Waals surface area contributed by atoms with Crippen molar-refractivity contribution < 1.29 is 27.1 Å². The second kappa shape index (κ2) is 10.1. The third kappa shape index (κ3) is 6.13. The normalized spacial score (nSPS) is 17.0. The highest BCUT2D eigenvalue weighted by Gasteiger charge is 2.36. The maximum Gasteiger partial charge on any atom is 0.417 e. The van der Waals surface area contributed by atoms with Gasteiger partial charge in [-0.1, -0.05) is 0 Å². The summed E-state index contributed by atoms with van der Waals surface area (Å²) in [5.41, 5.74) is -1.73. The van der Waals surface area contributed by atoms with Gasteiger partial charge in [-0.05, 0) is 64.8 Å². The number of anilines is 3. The number of benzene rings is 1. The SMILES string of the molecule is COC(=O)c1ccc(Nc2ncc(F)c(NCC[C@@H]3CCCN3C(C)(C)C)n2)cc1C(F)(F)F. The average molecular weight is 484 g/mol. The lowest BCUT2D eigenvalue weighted by Gasteiger charge is -2.37. The summed E-state index contributed by atoms with van der Waals surface area (Å²) in [5, 5.41) is 5.61. The van der Waals surface area contributed by atoms with Crippen molar-refractivity contribution in [2.24, 2.45) is 0 Å². The Bertz CT molecular complexity index is 1020. The van der Waals surface area contributed by atoms with E-state index in [4.69, 9.17) is 0 Å². The molecule has 1 fully saturated rings. The first kappa shape index (κ1) is 25.7. The Morgan fingerprint density at radius 2 is 2.00 bits per heavy atom. The number of esters is 1. The molecule has 1 aromatic heterocycles. The number of methoxy groups -OCH3 is 1. The van der Waals surface area contributed by atoms with Crippen LogP contribution in [0, 0.1) is 5.82 Å². The lowest BCUT2D eigenvalue weighted by atomic mass is 10.0. The molecule has 0 bridgehead atoms. The van der Waals surface area contributed by atoms with Gasteiger partial charge in [-0.2, -0.15) is 18.2 Å². The first-order valence-corrected chi connectivity index (χ1v) is 11.0. The topological polar surface area (TPSA) is 79.4 Å². The van der Waals surface area contributed by atoms with Crippen molar-refractivity contribution in [2.45, 2.75) is 57.8 Å². The van der Waals surface area contributed by atoms with E-state index >= 15 is 0 Å². The van der Waals surface area contributed by atoms with Crippen LogP contribution in [0.15, 0.2) is 24.4 Å². The number of ether oxygens (including phenoxy) is 1.